The summed E-state index contributed by atoms with van der Waals surface area (Å²) in [6.07, 6.45) is 0. The average molecular weight is 328 g/mol. The van der Waals surface area contributed by atoms with Crippen LogP contribution in [0.3, 0.4) is 0 Å². The molecule has 0 saturated heterocycles. The van der Waals surface area contributed by atoms with Crippen molar-refractivity contribution < 1.29 is 13.6 Å². The van der Waals surface area contributed by atoms with Crippen molar-refractivity contribution in [3.05, 3.63) is 64.7 Å². The van der Waals surface area contributed by atoms with E-state index in [-0.39, 0.29) is 11.4 Å². The van der Waals surface area contributed by atoms with E-state index < -0.39 is 17.5 Å². The molecule has 0 heterocycles. The summed E-state index contributed by atoms with van der Waals surface area (Å²) in [5.74, 6) is -0.965. The molecule has 0 radical (unpaired) electrons. The molecule has 0 atom stereocenters. The highest BCUT2D eigenvalue weighted by Crippen LogP contribution is 2.21. The Labute approximate surface area is 130 Å². The summed E-state index contributed by atoms with van der Waals surface area (Å²) in [5.41, 5.74) is 0.771. The van der Waals surface area contributed by atoms with Crippen molar-refractivity contribution >= 4 is 35.0 Å². The normalized spacial score (nSPS) is 10.4. The second-order valence-electron chi connectivity index (χ2n) is 4.26. The van der Waals surface area contributed by atoms with Gasteiger partial charge >= 0.3 is 0 Å². The minimum absolute atomic E-state index is 0.126. The van der Waals surface area contributed by atoms with Gasteiger partial charge in [0.1, 0.15) is 11.6 Å². The Morgan fingerprint density at radius 3 is 2.71 bits per heavy atom. The van der Waals surface area contributed by atoms with E-state index in [1.54, 1.807) is 6.07 Å². The quantitative estimate of drug-likeness (QED) is 0.876. The highest BCUT2D eigenvalue weighted by Gasteiger charge is 2.09. The fraction of sp³-hybridized carbons (Fsp3) is 0.133. The van der Waals surface area contributed by atoms with Gasteiger partial charge in [0.15, 0.2) is 0 Å². The topological polar surface area (TPSA) is 29.1 Å². The van der Waals surface area contributed by atoms with Crippen molar-refractivity contribution in [3.8, 4) is 0 Å². The standard InChI is InChI=1S/C15H12ClF2NOS/c16-12-4-2-1-3-10(12)8-21-9-15(20)19-14-7-11(17)5-6-13(14)18/h1-7H,8-9H2,(H,19,20). The van der Waals surface area contributed by atoms with E-state index in [1.165, 1.54) is 11.8 Å². The molecule has 21 heavy (non-hydrogen) atoms. The number of hydrogen-bond acceptors (Lipinski definition) is 2. The number of anilines is 1. The number of carbonyl (C=O) groups is 1. The van der Waals surface area contributed by atoms with Crippen LogP contribution in [0.5, 0.6) is 0 Å². The van der Waals surface area contributed by atoms with E-state index in [0.29, 0.717) is 10.8 Å². The fourth-order valence-corrected chi connectivity index (χ4v) is 2.76. The lowest BCUT2D eigenvalue weighted by Gasteiger charge is -2.07. The maximum absolute atomic E-state index is 13.4. The van der Waals surface area contributed by atoms with E-state index >= 15 is 0 Å². The van der Waals surface area contributed by atoms with Gasteiger partial charge in [0.25, 0.3) is 0 Å². The summed E-state index contributed by atoms with van der Waals surface area (Å²) in [7, 11) is 0. The van der Waals surface area contributed by atoms with E-state index in [1.807, 2.05) is 18.2 Å². The van der Waals surface area contributed by atoms with Gasteiger partial charge in [-0.25, -0.2) is 8.78 Å². The number of benzene rings is 2. The highest BCUT2D eigenvalue weighted by molar-refractivity contribution is 7.99. The number of nitrogens with one attached hydrogen (secondary N) is 1. The third-order valence-corrected chi connectivity index (χ3v) is 4.00. The van der Waals surface area contributed by atoms with Gasteiger partial charge in [-0.1, -0.05) is 29.8 Å². The summed E-state index contributed by atoms with van der Waals surface area (Å²) in [5, 5.41) is 2.98. The summed E-state index contributed by atoms with van der Waals surface area (Å²) >= 11 is 7.35. The Morgan fingerprint density at radius 1 is 1.19 bits per heavy atom. The minimum atomic E-state index is -0.666. The lowest BCUT2D eigenvalue weighted by Crippen LogP contribution is -2.15. The molecule has 1 N–H and O–H groups in total. The van der Waals surface area contributed by atoms with Crippen LogP contribution in [-0.2, 0) is 10.5 Å². The van der Waals surface area contributed by atoms with Crippen LogP contribution >= 0.6 is 23.4 Å². The molecule has 0 aromatic heterocycles. The van der Waals surface area contributed by atoms with Crippen molar-refractivity contribution in [1.29, 1.82) is 0 Å². The SMILES string of the molecule is O=C(CSCc1ccccc1Cl)Nc1cc(F)ccc1F. The predicted octanol–water partition coefficient (Wildman–Crippen LogP) is 4.49. The van der Waals surface area contributed by atoms with Crippen LogP contribution in [0.25, 0.3) is 0 Å². The first kappa shape index (κ1) is 15.8. The van der Waals surface area contributed by atoms with Gasteiger partial charge in [-0.05, 0) is 23.8 Å². The van der Waals surface area contributed by atoms with Gasteiger partial charge in [0, 0.05) is 16.8 Å². The molecule has 1 amide bonds. The van der Waals surface area contributed by atoms with Crippen LogP contribution in [0.1, 0.15) is 5.56 Å². The first-order chi connectivity index (χ1) is 10.1. The van der Waals surface area contributed by atoms with Crippen LogP contribution < -0.4 is 5.32 Å². The van der Waals surface area contributed by atoms with Crippen molar-refractivity contribution in [2.24, 2.45) is 0 Å². The molecule has 0 bridgehead atoms. The number of thioether (sulfide) groups is 1. The Kier molecular flexibility index (Phi) is 5.59. The Balaban J connectivity index is 1.85. The van der Waals surface area contributed by atoms with Crippen molar-refractivity contribution in [2.45, 2.75) is 5.75 Å². The van der Waals surface area contributed by atoms with Gasteiger partial charge in [0.2, 0.25) is 5.91 Å². The number of halogens is 3. The molecule has 0 aliphatic heterocycles. The van der Waals surface area contributed by atoms with E-state index in [4.69, 9.17) is 11.6 Å². The lowest BCUT2D eigenvalue weighted by atomic mass is 10.2. The maximum Gasteiger partial charge on any atom is 0.234 e. The largest absolute Gasteiger partial charge is 0.323 e. The molecule has 0 fully saturated rings. The van der Waals surface area contributed by atoms with Crippen molar-refractivity contribution in [1.82, 2.24) is 0 Å². The van der Waals surface area contributed by atoms with Gasteiger partial charge in [0.05, 0.1) is 11.4 Å². The monoisotopic (exact) mass is 327 g/mol. The zero-order valence-corrected chi connectivity index (χ0v) is 12.5. The molecular formula is C15H12ClF2NOS. The van der Waals surface area contributed by atoms with Crippen LogP contribution in [0, 0.1) is 11.6 Å². The summed E-state index contributed by atoms with van der Waals surface area (Å²) in [6.45, 7) is 0. The Hall–Kier alpha value is -1.59. The zero-order valence-electron chi connectivity index (χ0n) is 10.9. The first-order valence-electron chi connectivity index (χ1n) is 6.12. The van der Waals surface area contributed by atoms with Crippen LogP contribution in [0.2, 0.25) is 5.02 Å². The summed E-state index contributed by atoms with van der Waals surface area (Å²) < 4.78 is 26.3. The molecule has 0 aliphatic carbocycles. The highest BCUT2D eigenvalue weighted by atomic mass is 35.5. The second kappa shape index (κ2) is 7.43. The molecule has 2 aromatic rings. The molecule has 2 nitrogen and oxygen atoms in total. The van der Waals surface area contributed by atoms with E-state index in [9.17, 15) is 13.6 Å². The Morgan fingerprint density at radius 2 is 1.95 bits per heavy atom. The summed E-state index contributed by atoms with van der Waals surface area (Å²) in [4.78, 5) is 11.7. The number of amides is 1. The van der Waals surface area contributed by atoms with E-state index in [2.05, 4.69) is 5.32 Å². The molecule has 0 spiro atoms. The van der Waals surface area contributed by atoms with Crippen molar-refractivity contribution in [3.63, 3.8) is 0 Å². The molecule has 0 unspecified atom stereocenters. The summed E-state index contributed by atoms with van der Waals surface area (Å²) in [6, 6.07) is 10.3. The van der Waals surface area contributed by atoms with Gasteiger partial charge < -0.3 is 5.32 Å². The maximum atomic E-state index is 13.4. The minimum Gasteiger partial charge on any atom is -0.323 e. The average Bonchev–Trinajstić information content (AvgIpc) is 2.45. The predicted molar refractivity (Wildman–Crippen MR) is 82.6 cm³/mol. The van der Waals surface area contributed by atoms with Crippen LogP contribution in [-0.4, -0.2) is 11.7 Å². The molecule has 2 aromatic carbocycles. The number of hydrogen-bond donors (Lipinski definition) is 1. The van der Waals surface area contributed by atoms with E-state index in [0.717, 1.165) is 23.8 Å². The second-order valence-corrected chi connectivity index (χ2v) is 5.65. The molecular weight excluding hydrogens is 316 g/mol. The van der Waals surface area contributed by atoms with Crippen LogP contribution in [0.4, 0.5) is 14.5 Å². The molecule has 2 rings (SSSR count). The van der Waals surface area contributed by atoms with Gasteiger partial charge in [-0.15, -0.1) is 11.8 Å². The number of carbonyl (C=O) groups excluding carboxylic acids is 1. The third-order valence-electron chi connectivity index (χ3n) is 2.65. The van der Waals surface area contributed by atoms with Gasteiger partial charge in [-0.2, -0.15) is 0 Å². The smallest absolute Gasteiger partial charge is 0.234 e. The fourth-order valence-electron chi connectivity index (χ4n) is 1.65. The van der Waals surface area contributed by atoms with Gasteiger partial charge in [-0.3, -0.25) is 4.79 Å². The number of rotatable bonds is 5. The molecule has 110 valence electrons. The molecule has 0 aliphatic rings. The van der Waals surface area contributed by atoms with Crippen LogP contribution in [0.15, 0.2) is 42.5 Å². The lowest BCUT2D eigenvalue weighted by molar-refractivity contribution is -0.113. The third kappa shape index (κ3) is 4.72. The molecule has 0 saturated carbocycles. The molecule has 6 heteroatoms. The zero-order chi connectivity index (χ0) is 15.2. The Bertz CT molecular complexity index is 651. The first-order valence-corrected chi connectivity index (χ1v) is 7.65. The van der Waals surface area contributed by atoms with Crippen molar-refractivity contribution in [2.75, 3.05) is 11.1 Å².